The van der Waals surface area contributed by atoms with Crippen molar-refractivity contribution in [1.82, 2.24) is 51.5 Å². The molecule has 1 unspecified atom stereocenters. The van der Waals surface area contributed by atoms with E-state index < -0.39 is 140 Å². The lowest BCUT2D eigenvalue weighted by atomic mass is 10.0. The Morgan fingerprint density at radius 3 is 1.53 bits per heavy atom. The second-order valence-electron chi connectivity index (χ2n) is 21.1. The fourth-order valence-corrected chi connectivity index (χ4v) is 9.63. The van der Waals surface area contributed by atoms with Crippen LogP contribution in [-0.2, 0) is 65.6 Å². The number of anilines is 1. The van der Waals surface area contributed by atoms with E-state index in [4.69, 9.17) is 17.3 Å². The number of thiocarbonyl (C=S) groups is 1. The molecule has 1 saturated heterocycles. The normalized spacial score (nSPS) is 15.8. The number of hydrogen-bond donors (Lipinski definition) is 15. The van der Waals surface area contributed by atoms with Gasteiger partial charge in [-0.1, -0.05) is 30.7 Å². The van der Waals surface area contributed by atoms with Crippen molar-refractivity contribution in [1.29, 1.82) is 0 Å². The zero-order valence-electron chi connectivity index (χ0n) is 48.9. The van der Waals surface area contributed by atoms with E-state index in [1.54, 1.807) is 43.9 Å². The van der Waals surface area contributed by atoms with Gasteiger partial charge in [-0.05, 0) is 99.0 Å². The van der Waals surface area contributed by atoms with Crippen LogP contribution in [0.5, 0.6) is 0 Å². The molecule has 0 spiro atoms. The van der Waals surface area contributed by atoms with Crippen LogP contribution in [0.2, 0.25) is 0 Å². The Morgan fingerprint density at radius 1 is 0.483 bits per heavy atom. The molecule has 33 heteroatoms. The zero-order chi connectivity index (χ0) is 66.0. The van der Waals surface area contributed by atoms with Crippen LogP contribution in [-0.4, -0.2) is 252 Å². The number of hydrogen-bond acceptors (Lipinski definition) is 17. The van der Waals surface area contributed by atoms with E-state index >= 15 is 0 Å². The van der Waals surface area contributed by atoms with E-state index in [0.29, 0.717) is 37.1 Å². The highest BCUT2D eigenvalue weighted by Gasteiger charge is 2.31. The second kappa shape index (κ2) is 40.0. The Kier molecular flexibility index (Phi) is 33.5. The molecule has 31 nitrogen and oxygen atoms in total. The summed E-state index contributed by atoms with van der Waals surface area (Å²) in [5.41, 5.74) is 1.80. The Balaban J connectivity index is 1.57. The third-order valence-electron chi connectivity index (χ3n) is 14.0. The van der Waals surface area contributed by atoms with Crippen molar-refractivity contribution in [2.75, 3.05) is 90.4 Å². The molecular weight excluding hydrogens is 1200 g/mol. The molecule has 1 fully saturated rings. The second-order valence-corrected chi connectivity index (χ2v) is 21.6. The number of benzene rings is 2. The fourth-order valence-electron chi connectivity index (χ4n) is 9.41. The molecule has 0 aliphatic carbocycles. The number of amides is 5. The molecular formula is C56H80FN11O20S. The predicted octanol–water partition coefficient (Wildman–Crippen LogP) is -0.422. The Labute approximate surface area is 516 Å². The molecule has 0 bridgehead atoms. The van der Waals surface area contributed by atoms with Crippen molar-refractivity contribution >= 4 is 94.5 Å². The van der Waals surface area contributed by atoms with Crippen LogP contribution in [0.1, 0.15) is 81.8 Å². The van der Waals surface area contributed by atoms with E-state index in [-0.39, 0.29) is 116 Å². The van der Waals surface area contributed by atoms with Crippen molar-refractivity contribution in [3.8, 4) is 0 Å². The molecule has 0 aromatic heterocycles. The van der Waals surface area contributed by atoms with Crippen LogP contribution >= 0.6 is 12.2 Å². The molecule has 5 amide bonds. The minimum absolute atomic E-state index is 0.0369. The summed E-state index contributed by atoms with van der Waals surface area (Å²) in [7, 11) is 0. The maximum Gasteiger partial charge on any atom is 0.326 e. The van der Waals surface area contributed by atoms with E-state index in [2.05, 4.69) is 31.9 Å². The SMILES string of the molecule is O=C(O)CC[C@H](NC(=O)N[C@@H](CCCCNC(=O)[C@H](CCC(=O)O)NC(=O)[C@H](Cc1ccc(F)cc1)NC(=O)CCCCCNC(=S)Nc1ccc(CC2CN(CC(=O)O)CCN(CC(=O)O)CCN(CC(=O)O)CCN2CC(=O)O)cc1)C(=O)O)C(=O)O. The number of halogens is 1. The topological polar surface area (TPSA) is 464 Å². The van der Waals surface area contributed by atoms with Crippen molar-refractivity contribution in [3.63, 3.8) is 0 Å². The average Bonchev–Trinajstić information content (AvgIpc) is 2.76. The van der Waals surface area contributed by atoms with Gasteiger partial charge in [0.15, 0.2) is 5.11 Å². The molecule has 492 valence electrons. The molecule has 5 atom stereocenters. The summed E-state index contributed by atoms with van der Waals surface area (Å²) in [4.78, 5) is 153. The predicted molar refractivity (Wildman–Crippen MR) is 317 cm³/mol. The maximum atomic E-state index is 13.8. The molecule has 3 rings (SSSR count). The van der Waals surface area contributed by atoms with Crippen LogP contribution in [0.15, 0.2) is 48.5 Å². The van der Waals surface area contributed by atoms with E-state index in [1.165, 1.54) is 12.1 Å². The summed E-state index contributed by atoms with van der Waals surface area (Å²) >= 11 is 5.51. The van der Waals surface area contributed by atoms with Gasteiger partial charge in [0.25, 0.3) is 0 Å². The summed E-state index contributed by atoms with van der Waals surface area (Å²) in [5, 5.41) is 94.3. The molecule has 0 saturated carbocycles. The average molecular weight is 1280 g/mol. The van der Waals surface area contributed by atoms with Crippen LogP contribution in [0, 0.1) is 5.82 Å². The van der Waals surface area contributed by atoms with Gasteiger partial charge in [-0.3, -0.25) is 62.8 Å². The fraction of sp³-hybridized carbons (Fsp3) is 0.554. The first-order chi connectivity index (χ1) is 42.1. The number of urea groups is 1. The van der Waals surface area contributed by atoms with Crippen molar-refractivity contribution in [2.24, 2.45) is 0 Å². The van der Waals surface area contributed by atoms with Crippen molar-refractivity contribution in [3.05, 3.63) is 65.5 Å². The molecule has 0 radical (unpaired) electrons. The van der Waals surface area contributed by atoms with Gasteiger partial charge in [-0.15, -0.1) is 0 Å². The van der Waals surface area contributed by atoms with E-state index in [9.17, 15) is 97.7 Å². The largest absolute Gasteiger partial charge is 0.481 e. The van der Waals surface area contributed by atoms with Gasteiger partial charge >= 0.3 is 53.8 Å². The molecule has 2 aromatic carbocycles. The van der Waals surface area contributed by atoms with Gasteiger partial charge in [0.1, 0.15) is 30.0 Å². The zero-order valence-corrected chi connectivity index (χ0v) is 49.8. The summed E-state index contributed by atoms with van der Waals surface area (Å²) < 4.78 is 13.8. The minimum Gasteiger partial charge on any atom is -0.481 e. The highest BCUT2D eigenvalue weighted by molar-refractivity contribution is 7.80. The van der Waals surface area contributed by atoms with Gasteiger partial charge in [0.2, 0.25) is 17.7 Å². The van der Waals surface area contributed by atoms with Gasteiger partial charge < -0.3 is 78.1 Å². The Bertz CT molecular complexity index is 2730. The lowest BCUT2D eigenvalue weighted by molar-refractivity contribution is -0.142. The first-order valence-electron chi connectivity index (χ1n) is 28.7. The Hall–Kier alpha value is -8.66. The summed E-state index contributed by atoms with van der Waals surface area (Å²) in [6.07, 6.45) is -0.425. The lowest BCUT2D eigenvalue weighted by Crippen LogP contribution is -2.54. The smallest absolute Gasteiger partial charge is 0.326 e. The number of carbonyl (C=O) groups is 12. The number of nitrogens with one attached hydrogen (secondary N) is 7. The van der Waals surface area contributed by atoms with Gasteiger partial charge in [-0.2, -0.15) is 0 Å². The summed E-state index contributed by atoms with van der Waals surface area (Å²) in [6, 6.07) is 4.60. The first kappa shape index (κ1) is 74.6. The standard InChI is InChI=1S/C56H80FN11O20S/c57-37-12-8-36(9-13-37)29-43(52(83)62-40(16-18-45(70)71)51(82)58-20-5-3-6-41(53(84)85)63-55(88)64-42(54(86)87)17-19-46(72)73)61-44(69)7-2-1-4-21-59-56(89)60-38-14-10-35(11-15-38)28-39-30-67(33-49(78)79)25-24-65(31-47(74)75)22-23-66(32-48(76)77)26-27-68(39)34-50(80)81/h8-15,39-43H,1-7,16-34H2,(H,58,82)(H,61,69)(H,62,83)(H,70,71)(H,72,73)(H,74,75)(H,76,77)(H,78,79)(H,80,81)(H,84,85)(H,86,87)(H2,59,60,89)(H2,63,64,88)/t39?,40-,41-,42-,43-/m0/s1. The van der Waals surface area contributed by atoms with Gasteiger partial charge in [0, 0.05) is 96.3 Å². The summed E-state index contributed by atoms with van der Waals surface area (Å²) in [5.74, 6) is -12.8. The van der Waals surface area contributed by atoms with Crippen LogP contribution in [0.25, 0.3) is 0 Å². The third kappa shape index (κ3) is 32.2. The van der Waals surface area contributed by atoms with Gasteiger partial charge in [0.05, 0.1) is 26.2 Å². The van der Waals surface area contributed by atoms with E-state index in [1.807, 2.05) is 5.32 Å². The number of rotatable bonds is 38. The quantitative estimate of drug-likeness (QED) is 0.0300. The molecule has 2 aromatic rings. The monoisotopic (exact) mass is 1280 g/mol. The number of unbranched alkanes of at least 4 members (excludes halogenated alkanes) is 3. The number of aliphatic carboxylic acids is 8. The molecule has 1 heterocycles. The molecule has 1 aliphatic heterocycles. The molecule has 15 N–H and O–H groups in total. The number of carboxylic acids is 8. The third-order valence-corrected chi connectivity index (χ3v) is 14.2. The van der Waals surface area contributed by atoms with Gasteiger partial charge in [-0.25, -0.2) is 18.8 Å². The number of nitrogens with zero attached hydrogens (tertiary/aromatic N) is 4. The highest BCUT2D eigenvalue weighted by Crippen LogP contribution is 2.17. The van der Waals surface area contributed by atoms with E-state index in [0.717, 1.165) is 17.7 Å². The van der Waals surface area contributed by atoms with Crippen molar-refractivity contribution < 1.29 is 103 Å². The number of carboxylic acid groups (broad SMARTS) is 8. The van der Waals surface area contributed by atoms with Crippen LogP contribution in [0.4, 0.5) is 14.9 Å². The summed E-state index contributed by atoms with van der Waals surface area (Å²) in [6.45, 7) is -0.238. The molecule has 1 aliphatic rings. The highest BCUT2D eigenvalue weighted by atomic mass is 32.1. The Morgan fingerprint density at radius 2 is 0.978 bits per heavy atom. The maximum absolute atomic E-state index is 13.8. The van der Waals surface area contributed by atoms with Crippen LogP contribution in [0.3, 0.4) is 0 Å². The minimum atomic E-state index is -1.61. The van der Waals surface area contributed by atoms with Crippen LogP contribution < -0.4 is 37.2 Å². The van der Waals surface area contributed by atoms with Crippen molar-refractivity contribution in [2.45, 2.75) is 114 Å². The number of carbonyl (C=O) groups excluding carboxylic acids is 4. The molecule has 89 heavy (non-hydrogen) atoms. The lowest BCUT2D eigenvalue weighted by Gasteiger charge is -2.37. The first-order valence-corrected chi connectivity index (χ1v) is 29.1.